The second-order valence-corrected chi connectivity index (χ2v) is 14.7. The van der Waals surface area contributed by atoms with Crippen molar-refractivity contribution in [3.05, 3.63) is 109 Å². The Morgan fingerprint density at radius 1 is 0.979 bits per heavy atom. The Labute approximate surface area is 274 Å². The van der Waals surface area contributed by atoms with Gasteiger partial charge < -0.3 is 29.4 Å². The van der Waals surface area contributed by atoms with E-state index in [1.807, 2.05) is 87.5 Å². The number of carbonyl (C=O) groups excluding carboxylic acids is 2. The number of nitrogens with zero attached hydrogens (tertiary/aromatic N) is 4. The summed E-state index contributed by atoms with van der Waals surface area (Å²) in [6.07, 6.45) is 0.491. The van der Waals surface area contributed by atoms with Gasteiger partial charge in [-0.25, -0.2) is 15.0 Å². The van der Waals surface area contributed by atoms with Crippen LogP contribution in [0.15, 0.2) is 104 Å². The maximum absolute atomic E-state index is 13.1. The van der Waals surface area contributed by atoms with E-state index in [-0.39, 0.29) is 24.9 Å². The molecule has 0 saturated carbocycles. The summed E-state index contributed by atoms with van der Waals surface area (Å²) < 4.78 is 21.2. The van der Waals surface area contributed by atoms with Crippen LogP contribution < -0.4 is 15.7 Å². The Bertz CT molecular complexity index is 1780. The Morgan fingerprint density at radius 3 is 2.19 bits per heavy atom. The minimum Gasteiger partial charge on any atom is -0.387 e. The Hall–Kier alpha value is -4.59. The highest BCUT2D eigenvalue weighted by Gasteiger charge is 2.63. The third-order valence-electron chi connectivity index (χ3n) is 7.87. The van der Waals surface area contributed by atoms with Crippen molar-refractivity contribution in [2.45, 2.75) is 50.0 Å². The normalized spacial score (nSPS) is 21.3. The molecule has 241 valence electrons. The van der Waals surface area contributed by atoms with Gasteiger partial charge in [-0.2, -0.15) is 0 Å². The third kappa shape index (κ3) is 6.51. The fourth-order valence-corrected chi connectivity index (χ4v) is 9.28. The number of aldehydes is 1. The Balaban J connectivity index is 1.57. The quantitative estimate of drug-likeness (QED) is 0.163. The molecule has 12 heteroatoms. The molecule has 0 spiro atoms. The van der Waals surface area contributed by atoms with Gasteiger partial charge in [0.2, 0.25) is 0 Å². The van der Waals surface area contributed by atoms with E-state index in [1.54, 1.807) is 35.2 Å². The molecule has 1 saturated heterocycles. The van der Waals surface area contributed by atoms with Crippen LogP contribution in [-0.2, 0) is 24.4 Å². The number of ether oxygens (including phenoxy) is 3. The lowest BCUT2D eigenvalue weighted by molar-refractivity contribution is -0.130. The molecule has 2 N–H and O–H groups in total. The highest BCUT2D eigenvalue weighted by Crippen LogP contribution is 2.42. The van der Waals surface area contributed by atoms with Crippen molar-refractivity contribution in [1.82, 2.24) is 19.5 Å². The predicted octanol–water partition coefficient (Wildman–Crippen LogP) is 2.74. The molecule has 0 unspecified atom stereocenters. The molecule has 1 aliphatic rings. The van der Waals surface area contributed by atoms with E-state index in [4.69, 9.17) is 19.2 Å². The van der Waals surface area contributed by atoms with Crippen LogP contribution >= 0.6 is 0 Å². The number of benzene rings is 3. The number of hydrogen-bond acceptors (Lipinski definition) is 9. The van der Waals surface area contributed by atoms with Crippen molar-refractivity contribution < 1.29 is 28.9 Å². The lowest BCUT2D eigenvalue weighted by Crippen LogP contribution is -2.67. The van der Waals surface area contributed by atoms with Gasteiger partial charge in [0.1, 0.15) is 37.5 Å². The molecule has 47 heavy (non-hydrogen) atoms. The number of anilines is 1. The number of imidazole rings is 1. The number of carbonyl (C=O) groups is 2. The van der Waals surface area contributed by atoms with E-state index in [2.05, 4.69) is 15.3 Å². The molecule has 3 heterocycles. The topological polar surface area (TPSA) is 138 Å². The SMILES string of the molecule is CC(C)(C)OC[C@H]1O[C@](n2cnc3c(NC(=O)c4ccccc4)ncnc32)([Si](c2ccccc2)c2ccccc2)[C@H](OCC=O)[C@@H]1O. The molecule has 2 aromatic heterocycles. The smallest absolute Gasteiger partial charge is 0.256 e. The zero-order chi connectivity index (χ0) is 33.0. The Kier molecular flexibility index (Phi) is 9.39. The van der Waals surface area contributed by atoms with Crippen molar-refractivity contribution >= 4 is 48.3 Å². The molecule has 6 rings (SSSR count). The van der Waals surface area contributed by atoms with E-state index < -0.39 is 38.1 Å². The van der Waals surface area contributed by atoms with Gasteiger partial charge in [0.05, 0.1) is 18.5 Å². The van der Waals surface area contributed by atoms with Crippen LogP contribution in [0, 0.1) is 0 Å². The third-order valence-corrected chi connectivity index (χ3v) is 11.1. The van der Waals surface area contributed by atoms with Crippen LogP contribution in [0.5, 0.6) is 0 Å². The second kappa shape index (κ2) is 13.6. The number of aliphatic hydroxyl groups is 1. The molecular weight excluding hydrogens is 615 g/mol. The fraction of sp³-hybridized carbons (Fsp3) is 0.286. The van der Waals surface area contributed by atoms with Gasteiger partial charge in [0.15, 0.2) is 31.1 Å². The van der Waals surface area contributed by atoms with Gasteiger partial charge in [0, 0.05) is 5.56 Å². The molecule has 1 radical (unpaired) electrons. The highest BCUT2D eigenvalue weighted by molar-refractivity contribution is 6.86. The summed E-state index contributed by atoms with van der Waals surface area (Å²) in [7, 11) is -2.13. The first kappa shape index (κ1) is 32.4. The van der Waals surface area contributed by atoms with Crippen LogP contribution in [0.2, 0.25) is 0 Å². The molecule has 1 aliphatic heterocycles. The molecule has 4 atom stereocenters. The van der Waals surface area contributed by atoms with Gasteiger partial charge in [-0.1, -0.05) is 89.2 Å². The number of amides is 1. The summed E-state index contributed by atoms with van der Waals surface area (Å²) in [5, 5.41) is 15.3. The fourth-order valence-electron chi connectivity index (χ4n) is 5.86. The van der Waals surface area contributed by atoms with Crippen molar-refractivity contribution in [2.24, 2.45) is 0 Å². The summed E-state index contributed by atoms with van der Waals surface area (Å²) in [6, 6.07) is 28.6. The van der Waals surface area contributed by atoms with E-state index in [1.165, 1.54) is 6.33 Å². The first-order valence-corrected chi connectivity index (χ1v) is 16.8. The average Bonchev–Trinajstić information content (AvgIpc) is 3.64. The number of fused-ring (bicyclic) bond motifs is 1. The molecule has 0 aliphatic carbocycles. The zero-order valence-electron chi connectivity index (χ0n) is 26.3. The average molecular weight is 651 g/mol. The monoisotopic (exact) mass is 650 g/mol. The number of hydrogen-bond donors (Lipinski definition) is 2. The van der Waals surface area contributed by atoms with Crippen LogP contribution in [-0.4, -0.2) is 82.7 Å². The molecule has 11 nitrogen and oxygen atoms in total. The number of rotatable bonds is 11. The van der Waals surface area contributed by atoms with Gasteiger partial charge in [0.25, 0.3) is 5.91 Å². The van der Waals surface area contributed by atoms with Crippen LogP contribution in [0.4, 0.5) is 5.82 Å². The van der Waals surface area contributed by atoms with Gasteiger partial charge in [-0.15, -0.1) is 0 Å². The zero-order valence-corrected chi connectivity index (χ0v) is 27.3. The number of nitrogens with one attached hydrogen (secondary N) is 1. The molecule has 3 aromatic carbocycles. The lowest BCUT2D eigenvalue weighted by Gasteiger charge is -2.41. The van der Waals surface area contributed by atoms with Crippen molar-refractivity contribution in [1.29, 1.82) is 0 Å². The van der Waals surface area contributed by atoms with Crippen molar-refractivity contribution in [3.63, 3.8) is 0 Å². The van der Waals surface area contributed by atoms with E-state index in [9.17, 15) is 14.7 Å². The van der Waals surface area contributed by atoms with Crippen LogP contribution in [0.3, 0.4) is 0 Å². The minimum absolute atomic E-state index is 0.0616. The summed E-state index contributed by atoms with van der Waals surface area (Å²) in [4.78, 5) is 38.6. The van der Waals surface area contributed by atoms with Gasteiger partial charge >= 0.3 is 0 Å². The van der Waals surface area contributed by atoms with E-state index in [0.29, 0.717) is 23.0 Å². The summed E-state index contributed by atoms with van der Waals surface area (Å²) in [6.45, 7) is 5.56. The first-order valence-electron chi connectivity index (χ1n) is 15.3. The largest absolute Gasteiger partial charge is 0.387 e. The molecule has 1 amide bonds. The van der Waals surface area contributed by atoms with Crippen molar-refractivity contribution in [2.75, 3.05) is 18.5 Å². The maximum atomic E-state index is 13.1. The van der Waals surface area contributed by atoms with Crippen LogP contribution in [0.25, 0.3) is 11.2 Å². The second-order valence-electron chi connectivity index (χ2n) is 12.1. The van der Waals surface area contributed by atoms with Crippen LogP contribution in [0.1, 0.15) is 31.1 Å². The van der Waals surface area contributed by atoms with Gasteiger partial charge in [-0.3, -0.25) is 9.36 Å². The number of aliphatic hydroxyl groups excluding tert-OH is 1. The molecule has 0 bridgehead atoms. The summed E-state index contributed by atoms with van der Waals surface area (Å²) in [5.74, 6) is -0.144. The lowest BCUT2D eigenvalue weighted by atomic mass is 10.1. The van der Waals surface area contributed by atoms with E-state index in [0.717, 1.165) is 10.4 Å². The number of aromatic nitrogens is 4. The molecular formula is C35H36N5O6Si. The van der Waals surface area contributed by atoms with Gasteiger partial charge in [-0.05, 0) is 32.9 Å². The molecule has 1 fully saturated rings. The van der Waals surface area contributed by atoms with Crippen molar-refractivity contribution in [3.8, 4) is 0 Å². The Morgan fingerprint density at radius 2 is 1.60 bits per heavy atom. The van der Waals surface area contributed by atoms with E-state index >= 15 is 0 Å². The first-order chi connectivity index (χ1) is 22.7. The minimum atomic E-state index is -2.13. The summed E-state index contributed by atoms with van der Waals surface area (Å²) >= 11 is 0. The highest BCUT2D eigenvalue weighted by atomic mass is 28.3. The predicted molar refractivity (Wildman–Crippen MR) is 178 cm³/mol. The maximum Gasteiger partial charge on any atom is 0.256 e. The summed E-state index contributed by atoms with van der Waals surface area (Å²) in [5.41, 5.74) is 0.614. The molecule has 5 aromatic rings. The standard InChI is InChI=1S/C35H36N5O6Si/c1-34(2,3)45-21-27-29(42)30(44-20-19-41)35(46-27,47(25-15-9-5-10-16-25)26-17-11-6-12-18-26)40-23-38-28-31(36-22-37-32(28)40)39-33(43)24-13-7-4-8-14-24/h4-19,22-23,27,29-30,42H,20-21H2,1-3H3,(H,36,37,39,43)/t27-,29-,30-,35+/m1/s1.